The van der Waals surface area contributed by atoms with Crippen molar-refractivity contribution in [1.82, 2.24) is 5.32 Å². The first kappa shape index (κ1) is 16.1. The van der Waals surface area contributed by atoms with E-state index in [-0.39, 0.29) is 17.0 Å². The quantitative estimate of drug-likeness (QED) is 0.783. The summed E-state index contributed by atoms with van der Waals surface area (Å²) in [5.41, 5.74) is 0.399. The molecule has 1 N–H and O–H groups in total. The molecule has 1 unspecified atom stereocenters. The fourth-order valence-corrected chi connectivity index (χ4v) is 2.44. The monoisotopic (exact) mass is 333 g/mol. The fraction of sp³-hybridized carbons (Fsp3) is 0.200. The van der Waals surface area contributed by atoms with Gasteiger partial charge >= 0.3 is 0 Å². The van der Waals surface area contributed by atoms with Crippen LogP contribution >= 0.6 is 23.2 Å². The molecule has 0 saturated carbocycles. The van der Waals surface area contributed by atoms with Crippen LogP contribution in [0.2, 0.25) is 10.0 Å². The molecular formula is C15H12Cl2F3N. The molecule has 1 nitrogen and oxygen atoms in total. The number of rotatable bonds is 4. The van der Waals surface area contributed by atoms with Gasteiger partial charge in [0.05, 0.1) is 5.02 Å². The number of hydrogen-bond acceptors (Lipinski definition) is 1. The van der Waals surface area contributed by atoms with Crippen LogP contribution in [0.1, 0.15) is 17.2 Å². The highest BCUT2D eigenvalue weighted by Gasteiger charge is 2.19. The number of nitrogens with one attached hydrogen (secondary N) is 1. The van der Waals surface area contributed by atoms with Gasteiger partial charge in [0.2, 0.25) is 0 Å². The van der Waals surface area contributed by atoms with E-state index in [1.54, 1.807) is 7.05 Å². The smallest absolute Gasteiger partial charge is 0.142 e. The lowest BCUT2D eigenvalue weighted by Gasteiger charge is -2.18. The highest BCUT2D eigenvalue weighted by molar-refractivity contribution is 6.31. The van der Waals surface area contributed by atoms with Crippen LogP contribution in [0.5, 0.6) is 0 Å². The molecule has 0 aliphatic carbocycles. The zero-order valence-electron chi connectivity index (χ0n) is 11.1. The maximum Gasteiger partial charge on any atom is 0.142 e. The average molecular weight is 334 g/mol. The van der Waals surface area contributed by atoms with Gasteiger partial charge in [-0.05, 0) is 49.4 Å². The van der Waals surface area contributed by atoms with E-state index in [4.69, 9.17) is 23.2 Å². The molecule has 0 saturated heterocycles. The summed E-state index contributed by atoms with van der Waals surface area (Å²) in [5, 5.41) is 2.93. The van der Waals surface area contributed by atoms with Gasteiger partial charge in [-0.2, -0.15) is 0 Å². The van der Waals surface area contributed by atoms with E-state index >= 15 is 0 Å². The van der Waals surface area contributed by atoms with E-state index in [1.807, 2.05) is 0 Å². The zero-order chi connectivity index (χ0) is 15.6. The first-order chi connectivity index (χ1) is 9.92. The summed E-state index contributed by atoms with van der Waals surface area (Å²) in [4.78, 5) is 0. The van der Waals surface area contributed by atoms with Crippen molar-refractivity contribution in [2.45, 2.75) is 12.5 Å². The van der Waals surface area contributed by atoms with E-state index in [1.165, 1.54) is 18.2 Å². The van der Waals surface area contributed by atoms with Gasteiger partial charge < -0.3 is 5.32 Å². The number of benzene rings is 2. The van der Waals surface area contributed by atoms with Crippen molar-refractivity contribution >= 4 is 23.2 Å². The minimum absolute atomic E-state index is 0.0822. The van der Waals surface area contributed by atoms with Crippen LogP contribution in [0, 0.1) is 17.5 Å². The van der Waals surface area contributed by atoms with Gasteiger partial charge in [-0.3, -0.25) is 0 Å². The van der Waals surface area contributed by atoms with E-state index in [2.05, 4.69) is 5.32 Å². The molecule has 6 heteroatoms. The van der Waals surface area contributed by atoms with Crippen molar-refractivity contribution in [3.63, 3.8) is 0 Å². The predicted molar refractivity (Wildman–Crippen MR) is 78.3 cm³/mol. The number of hydrogen-bond donors (Lipinski definition) is 1. The van der Waals surface area contributed by atoms with E-state index in [0.717, 1.165) is 12.1 Å². The van der Waals surface area contributed by atoms with Gasteiger partial charge in [-0.25, -0.2) is 13.2 Å². The molecule has 1 atom stereocenters. The Hall–Kier alpha value is -1.23. The molecule has 2 aromatic carbocycles. The minimum atomic E-state index is -0.722. The molecular weight excluding hydrogens is 322 g/mol. The second kappa shape index (κ2) is 6.69. The number of likely N-dealkylation sites (N-methyl/N-ethyl adjacent to an activating group) is 1. The van der Waals surface area contributed by atoms with Crippen LogP contribution in [0.15, 0.2) is 30.3 Å². The van der Waals surface area contributed by atoms with Gasteiger partial charge in [-0.1, -0.05) is 23.2 Å². The molecule has 112 valence electrons. The maximum absolute atomic E-state index is 13.9. The average Bonchev–Trinajstić information content (AvgIpc) is 2.44. The third-order valence-electron chi connectivity index (χ3n) is 3.20. The molecule has 0 bridgehead atoms. The first-order valence-corrected chi connectivity index (χ1v) is 6.93. The van der Waals surface area contributed by atoms with Gasteiger partial charge in [-0.15, -0.1) is 0 Å². The SMILES string of the molecule is CNC(Cc1cc(Cl)ccc1F)c1cc(F)c(Cl)cc1F. The molecule has 0 heterocycles. The Bertz CT molecular complexity index is 662. The molecule has 0 amide bonds. The summed E-state index contributed by atoms with van der Waals surface area (Å²) >= 11 is 11.4. The Morgan fingerprint density at radius 3 is 2.38 bits per heavy atom. The van der Waals surface area contributed by atoms with Crippen molar-refractivity contribution in [3.8, 4) is 0 Å². The van der Waals surface area contributed by atoms with Crippen molar-refractivity contribution in [3.05, 3.63) is 69.0 Å². The van der Waals surface area contributed by atoms with Crippen molar-refractivity contribution in [2.75, 3.05) is 7.05 Å². The Labute approximate surface area is 130 Å². The van der Waals surface area contributed by atoms with Gasteiger partial charge in [0.25, 0.3) is 0 Å². The summed E-state index contributed by atoms with van der Waals surface area (Å²) in [5.74, 6) is -1.82. The minimum Gasteiger partial charge on any atom is -0.313 e. The molecule has 0 spiro atoms. The Kier molecular flexibility index (Phi) is 5.14. The summed E-state index contributed by atoms with van der Waals surface area (Å²) < 4.78 is 41.2. The Morgan fingerprint density at radius 2 is 1.71 bits per heavy atom. The van der Waals surface area contributed by atoms with Crippen molar-refractivity contribution in [1.29, 1.82) is 0 Å². The van der Waals surface area contributed by atoms with Crippen LogP contribution < -0.4 is 5.32 Å². The Morgan fingerprint density at radius 1 is 1.00 bits per heavy atom. The topological polar surface area (TPSA) is 12.0 Å². The molecule has 0 radical (unpaired) electrons. The lowest BCUT2D eigenvalue weighted by Crippen LogP contribution is -2.21. The second-order valence-electron chi connectivity index (χ2n) is 4.57. The largest absolute Gasteiger partial charge is 0.313 e. The molecule has 0 aliphatic rings. The molecule has 0 fully saturated rings. The summed E-state index contributed by atoms with van der Waals surface area (Å²) in [6.45, 7) is 0. The van der Waals surface area contributed by atoms with E-state index in [9.17, 15) is 13.2 Å². The molecule has 2 aromatic rings. The lowest BCUT2D eigenvalue weighted by atomic mass is 9.98. The van der Waals surface area contributed by atoms with Crippen LogP contribution in [0.4, 0.5) is 13.2 Å². The van der Waals surface area contributed by atoms with E-state index < -0.39 is 23.5 Å². The van der Waals surface area contributed by atoms with Crippen LogP contribution in [0.25, 0.3) is 0 Å². The van der Waals surface area contributed by atoms with Crippen LogP contribution in [-0.2, 0) is 6.42 Å². The van der Waals surface area contributed by atoms with Gasteiger partial charge in [0.15, 0.2) is 0 Å². The van der Waals surface area contributed by atoms with Crippen LogP contribution in [0.3, 0.4) is 0 Å². The van der Waals surface area contributed by atoms with Crippen molar-refractivity contribution < 1.29 is 13.2 Å². The van der Waals surface area contributed by atoms with E-state index in [0.29, 0.717) is 10.6 Å². The lowest BCUT2D eigenvalue weighted by molar-refractivity contribution is 0.511. The fourth-order valence-electron chi connectivity index (χ4n) is 2.09. The standard InChI is InChI=1S/C15H12Cl2F3N/c1-21-15(5-8-4-9(16)2-3-12(8)18)10-6-14(20)11(17)7-13(10)19/h2-4,6-7,15,21H,5H2,1H3. The van der Waals surface area contributed by atoms with Gasteiger partial charge in [0.1, 0.15) is 17.5 Å². The van der Waals surface area contributed by atoms with Crippen molar-refractivity contribution in [2.24, 2.45) is 0 Å². The predicted octanol–water partition coefficient (Wildman–Crippen LogP) is 4.91. The normalized spacial score (nSPS) is 12.5. The maximum atomic E-state index is 13.9. The van der Waals surface area contributed by atoms with Crippen LogP contribution in [-0.4, -0.2) is 7.05 Å². The molecule has 0 aliphatic heterocycles. The third kappa shape index (κ3) is 3.70. The highest BCUT2D eigenvalue weighted by Crippen LogP contribution is 2.27. The highest BCUT2D eigenvalue weighted by atomic mass is 35.5. The zero-order valence-corrected chi connectivity index (χ0v) is 12.6. The number of halogens is 5. The molecule has 0 aromatic heterocycles. The summed E-state index contributed by atoms with van der Waals surface area (Å²) in [7, 11) is 1.58. The molecule has 2 rings (SSSR count). The second-order valence-corrected chi connectivity index (χ2v) is 5.41. The Balaban J connectivity index is 2.36. The summed E-state index contributed by atoms with van der Waals surface area (Å²) in [6.07, 6.45) is 0.126. The summed E-state index contributed by atoms with van der Waals surface area (Å²) in [6, 6.07) is 5.45. The molecule has 21 heavy (non-hydrogen) atoms. The first-order valence-electron chi connectivity index (χ1n) is 6.18. The van der Waals surface area contributed by atoms with Gasteiger partial charge in [0, 0.05) is 16.6 Å². The third-order valence-corrected chi connectivity index (χ3v) is 3.72.